The van der Waals surface area contributed by atoms with E-state index in [1.807, 2.05) is 18.4 Å². The number of aromatic nitrogens is 3. The Hall–Kier alpha value is -4.00. The van der Waals surface area contributed by atoms with E-state index in [0.29, 0.717) is 22.4 Å². The fourth-order valence-corrected chi connectivity index (χ4v) is 7.33. The van der Waals surface area contributed by atoms with Gasteiger partial charge in [-0.1, -0.05) is 49.3 Å². The van der Waals surface area contributed by atoms with Gasteiger partial charge in [0, 0.05) is 33.5 Å². The summed E-state index contributed by atoms with van der Waals surface area (Å²) in [5.74, 6) is -1.33. The number of rotatable bonds is 10. The van der Waals surface area contributed by atoms with Gasteiger partial charge in [-0.05, 0) is 60.2 Å². The lowest BCUT2D eigenvalue weighted by Gasteiger charge is -2.28. The minimum atomic E-state index is -4.14. The van der Waals surface area contributed by atoms with Gasteiger partial charge in [0.1, 0.15) is 16.5 Å². The molecule has 2 aromatic heterocycles. The summed E-state index contributed by atoms with van der Waals surface area (Å²) in [6.45, 7) is 3.87. The molecular weight excluding hydrogens is 645 g/mol. The number of aryl methyl sites for hydroxylation is 1. The van der Waals surface area contributed by atoms with Gasteiger partial charge < -0.3 is 4.74 Å². The van der Waals surface area contributed by atoms with Crippen molar-refractivity contribution < 1.29 is 30.9 Å². The Morgan fingerprint density at radius 1 is 1.02 bits per heavy atom. The Bertz CT molecular complexity index is 1960. The van der Waals surface area contributed by atoms with E-state index in [9.17, 15) is 17.2 Å². The van der Waals surface area contributed by atoms with Gasteiger partial charge >= 0.3 is 10.0 Å². The molecule has 0 radical (unpaired) electrons. The van der Waals surface area contributed by atoms with E-state index in [-0.39, 0.29) is 27.0 Å². The summed E-state index contributed by atoms with van der Waals surface area (Å²) in [5, 5.41) is 0.378. The molecule has 0 aliphatic carbocycles. The fraction of sp³-hybridized carbons (Fsp3) is 0.188. The lowest BCUT2D eigenvalue weighted by molar-refractivity contribution is -0.656. The summed E-state index contributed by atoms with van der Waals surface area (Å²) < 4.78 is 80.6. The monoisotopic (exact) mass is 673 g/mol. The van der Waals surface area contributed by atoms with E-state index in [2.05, 4.69) is 9.71 Å². The molecule has 0 aliphatic rings. The van der Waals surface area contributed by atoms with Crippen LogP contribution in [-0.2, 0) is 28.2 Å². The topological polar surface area (TPSA) is 77.1 Å². The number of benzene rings is 3. The van der Waals surface area contributed by atoms with Crippen LogP contribution in [0, 0.1) is 17.5 Å². The van der Waals surface area contributed by atoms with Crippen molar-refractivity contribution >= 4 is 39.2 Å². The lowest BCUT2D eigenvalue weighted by Crippen LogP contribution is -2.33. The lowest BCUT2D eigenvalue weighted by atomic mass is 9.81. The maximum absolute atomic E-state index is 15.4. The molecule has 0 saturated heterocycles. The SMILES string of the molecule is COc1cc(C(C)(C)c2cnc(SCc3c(F)cc(S(=O)(=O)Nc4cccc[n+]4C)cc3Cl)n2-c2ccc(F)cc2)ccc1F. The molecule has 45 heavy (non-hydrogen) atoms. The van der Waals surface area contributed by atoms with Crippen molar-refractivity contribution in [3.63, 3.8) is 0 Å². The average Bonchev–Trinajstić information content (AvgIpc) is 3.43. The highest BCUT2D eigenvalue weighted by atomic mass is 35.5. The standard InChI is InChI=1S/C32H28ClF3N4O3S2/c1-32(2,20-8-13-26(35)28(15-20)43-4)29-18-37-31(40(29)22-11-9-21(34)10-12-22)44-19-24-25(33)16-23(17-27(24)36)45(41,42)38-30-7-5-6-14-39(30)3/h5-18H,19H2,1-4H3/p+1. The molecule has 0 spiro atoms. The van der Waals surface area contributed by atoms with Crippen LogP contribution in [0.5, 0.6) is 5.75 Å². The molecule has 0 unspecified atom stereocenters. The minimum Gasteiger partial charge on any atom is -0.494 e. The van der Waals surface area contributed by atoms with Crippen molar-refractivity contribution in [1.29, 1.82) is 0 Å². The quantitative estimate of drug-likeness (QED) is 0.125. The van der Waals surface area contributed by atoms with Crippen molar-refractivity contribution in [2.24, 2.45) is 7.05 Å². The average molecular weight is 674 g/mol. The Kier molecular flexibility index (Phi) is 9.20. The number of halogens is 4. The van der Waals surface area contributed by atoms with Crippen LogP contribution in [0.1, 0.15) is 30.7 Å². The maximum Gasteiger partial charge on any atom is 0.329 e. The Labute approximate surface area is 268 Å². The fourth-order valence-electron chi connectivity index (χ4n) is 4.75. The number of imidazole rings is 1. The number of nitrogens with zero attached hydrogens (tertiary/aromatic N) is 3. The van der Waals surface area contributed by atoms with E-state index in [4.69, 9.17) is 16.3 Å². The third-order valence-corrected chi connectivity index (χ3v) is 10.0. The van der Waals surface area contributed by atoms with Crippen molar-refractivity contribution in [2.75, 3.05) is 11.8 Å². The van der Waals surface area contributed by atoms with Crippen molar-refractivity contribution in [3.8, 4) is 11.4 Å². The normalized spacial score (nSPS) is 11.9. The maximum atomic E-state index is 15.4. The van der Waals surface area contributed by atoms with Crippen LogP contribution in [0.25, 0.3) is 5.69 Å². The third kappa shape index (κ3) is 6.68. The van der Waals surface area contributed by atoms with E-state index >= 15 is 4.39 Å². The minimum absolute atomic E-state index is 0.00845. The molecule has 13 heteroatoms. The van der Waals surface area contributed by atoms with Crippen LogP contribution in [0.2, 0.25) is 5.02 Å². The van der Waals surface area contributed by atoms with Gasteiger partial charge in [-0.25, -0.2) is 22.7 Å². The van der Waals surface area contributed by atoms with Gasteiger partial charge in [-0.3, -0.25) is 4.57 Å². The third-order valence-electron chi connectivity index (χ3n) is 7.39. The summed E-state index contributed by atoms with van der Waals surface area (Å²) in [6, 6.07) is 17.5. The molecule has 5 rings (SSSR count). The summed E-state index contributed by atoms with van der Waals surface area (Å²) in [4.78, 5) is 4.28. The van der Waals surface area contributed by atoms with E-state index in [1.54, 1.807) is 66.5 Å². The molecule has 1 N–H and O–H groups in total. The molecule has 0 aliphatic heterocycles. The zero-order valence-corrected chi connectivity index (χ0v) is 27.1. The summed E-state index contributed by atoms with van der Waals surface area (Å²) >= 11 is 7.62. The van der Waals surface area contributed by atoms with Gasteiger partial charge in [-0.2, -0.15) is 13.1 Å². The number of ether oxygens (including phenoxy) is 1. The number of methoxy groups -OCH3 is 1. The Morgan fingerprint density at radius 2 is 1.76 bits per heavy atom. The Morgan fingerprint density at radius 3 is 2.42 bits per heavy atom. The first-order valence-electron chi connectivity index (χ1n) is 13.6. The van der Waals surface area contributed by atoms with Crippen molar-refractivity contribution in [2.45, 2.75) is 35.1 Å². The number of pyridine rings is 1. The van der Waals surface area contributed by atoms with Gasteiger partial charge in [0.25, 0.3) is 5.82 Å². The van der Waals surface area contributed by atoms with Crippen molar-refractivity contribution in [3.05, 3.63) is 124 Å². The zero-order valence-electron chi connectivity index (χ0n) is 24.7. The second-order valence-electron chi connectivity index (χ2n) is 10.7. The van der Waals surface area contributed by atoms with E-state index in [1.165, 1.54) is 43.1 Å². The summed E-state index contributed by atoms with van der Waals surface area (Å²) in [5.41, 5.74) is 1.38. The smallest absolute Gasteiger partial charge is 0.329 e. The van der Waals surface area contributed by atoms with Crippen molar-refractivity contribution in [1.82, 2.24) is 9.55 Å². The predicted octanol–water partition coefficient (Wildman–Crippen LogP) is 7.20. The molecule has 2 heterocycles. The van der Waals surface area contributed by atoms with Gasteiger partial charge in [0.2, 0.25) is 0 Å². The van der Waals surface area contributed by atoms with Gasteiger partial charge in [0.05, 0.1) is 32.2 Å². The van der Waals surface area contributed by atoms with Crippen LogP contribution in [0.4, 0.5) is 19.0 Å². The second-order valence-corrected chi connectivity index (χ2v) is 13.7. The highest BCUT2D eigenvalue weighted by Crippen LogP contribution is 2.39. The molecule has 0 amide bonds. The van der Waals surface area contributed by atoms with Crippen LogP contribution in [0.3, 0.4) is 0 Å². The number of anilines is 1. The summed E-state index contributed by atoms with van der Waals surface area (Å²) in [7, 11) is -1.08. The first-order valence-corrected chi connectivity index (χ1v) is 16.4. The van der Waals surface area contributed by atoms with Gasteiger partial charge in [-0.15, -0.1) is 0 Å². The molecule has 5 aromatic rings. The summed E-state index contributed by atoms with van der Waals surface area (Å²) in [6.07, 6.45) is 3.33. The molecule has 7 nitrogen and oxygen atoms in total. The molecule has 0 fully saturated rings. The van der Waals surface area contributed by atoms with Crippen LogP contribution in [-0.4, -0.2) is 25.1 Å². The van der Waals surface area contributed by atoms with Crippen LogP contribution < -0.4 is 14.0 Å². The second kappa shape index (κ2) is 12.8. The van der Waals surface area contributed by atoms with E-state index < -0.39 is 32.9 Å². The first-order chi connectivity index (χ1) is 21.3. The highest BCUT2D eigenvalue weighted by Gasteiger charge is 2.31. The number of hydrogen-bond acceptors (Lipinski definition) is 5. The van der Waals surface area contributed by atoms with E-state index in [0.717, 1.165) is 11.6 Å². The number of nitrogens with one attached hydrogen (secondary N) is 1. The number of sulfonamides is 1. The molecule has 0 saturated carbocycles. The molecular formula is C32H29ClF3N4O3S2+. The Balaban J connectivity index is 1.49. The molecule has 234 valence electrons. The zero-order chi connectivity index (χ0) is 32.5. The van der Waals surface area contributed by atoms with Crippen LogP contribution >= 0.6 is 23.4 Å². The number of thioether (sulfide) groups is 1. The predicted molar refractivity (Wildman–Crippen MR) is 168 cm³/mol. The molecule has 0 atom stereocenters. The first kappa shape index (κ1) is 32.4. The molecule has 0 bridgehead atoms. The number of hydrogen-bond donors (Lipinski definition) is 1. The highest BCUT2D eigenvalue weighted by molar-refractivity contribution is 7.98. The van der Waals surface area contributed by atoms with Gasteiger partial charge in [0.15, 0.2) is 16.7 Å². The molecule has 3 aromatic carbocycles. The van der Waals surface area contributed by atoms with Crippen LogP contribution in [0.15, 0.2) is 95.2 Å². The largest absolute Gasteiger partial charge is 0.494 e.